The number of hydrogen-bond acceptors (Lipinski definition) is 2. The van der Waals surface area contributed by atoms with Gasteiger partial charge in [-0.1, -0.05) is 25.7 Å². The smallest absolute Gasteiger partial charge is 0.115 e. The van der Waals surface area contributed by atoms with E-state index in [0.717, 1.165) is 12.2 Å². The van der Waals surface area contributed by atoms with Gasteiger partial charge in [0.05, 0.1) is 6.61 Å². The second kappa shape index (κ2) is 9.07. The van der Waals surface area contributed by atoms with Crippen molar-refractivity contribution in [3.63, 3.8) is 0 Å². The maximum absolute atomic E-state index is 5.43. The number of methoxy groups -OCH3 is 1. The highest BCUT2D eigenvalue weighted by Gasteiger charge is 1.90. The maximum Gasteiger partial charge on any atom is 0.115 e. The minimum Gasteiger partial charge on any atom is -0.492 e. The standard InChI is InChI=1S/C11H18O2/c1-4-6-8-11(7-5-2)13-10-9-12-3/h4,6-8H,1,5,9-10H2,2-3H3/b8-6-,11-7+. The molecule has 0 aromatic rings. The molecule has 0 rings (SSSR count). The van der Waals surface area contributed by atoms with Crippen LogP contribution in [0.15, 0.2) is 36.6 Å². The van der Waals surface area contributed by atoms with Gasteiger partial charge in [-0.3, -0.25) is 0 Å². The zero-order valence-electron chi connectivity index (χ0n) is 8.45. The Balaban J connectivity index is 3.88. The highest BCUT2D eigenvalue weighted by atomic mass is 16.5. The van der Waals surface area contributed by atoms with Gasteiger partial charge in [0, 0.05) is 7.11 Å². The Kier molecular flexibility index (Phi) is 8.36. The largest absolute Gasteiger partial charge is 0.492 e. The molecule has 74 valence electrons. The monoisotopic (exact) mass is 182 g/mol. The van der Waals surface area contributed by atoms with Crippen molar-refractivity contribution in [1.29, 1.82) is 0 Å². The van der Waals surface area contributed by atoms with Gasteiger partial charge in [0.25, 0.3) is 0 Å². The highest BCUT2D eigenvalue weighted by molar-refractivity contribution is 5.15. The van der Waals surface area contributed by atoms with Gasteiger partial charge >= 0.3 is 0 Å². The van der Waals surface area contributed by atoms with Gasteiger partial charge in [-0.2, -0.15) is 0 Å². The summed E-state index contributed by atoms with van der Waals surface area (Å²) in [5, 5.41) is 0. The number of ether oxygens (including phenoxy) is 2. The van der Waals surface area contributed by atoms with Crippen molar-refractivity contribution in [3.8, 4) is 0 Å². The average Bonchev–Trinajstić information content (AvgIpc) is 2.14. The first kappa shape index (κ1) is 12.0. The van der Waals surface area contributed by atoms with E-state index in [4.69, 9.17) is 9.47 Å². The predicted molar refractivity (Wildman–Crippen MR) is 55.5 cm³/mol. The van der Waals surface area contributed by atoms with Crippen molar-refractivity contribution in [2.75, 3.05) is 20.3 Å². The molecular weight excluding hydrogens is 164 g/mol. The Bertz CT molecular complexity index is 181. The van der Waals surface area contributed by atoms with Crippen LogP contribution in [0, 0.1) is 0 Å². The molecule has 0 saturated carbocycles. The van der Waals surface area contributed by atoms with Crippen LogP contribution in [0.25, 0.3) is 0 Å². The zero-order valence-corrected chi connectivity index (χ0v) is 8.45. The van der Waals surface area contributed by atoms with Crippen LogP contribution in [-0.4, -0.2) is 20.3 Å². The van der Waals surface area contributed by atoms with Crippen molar-refractivity contribution in [2.45, 2.75) is 13.3 Å². The summed E-state index contributed by atoms with van der Waals surface area (Å²) in [5.41, 5.74) is 0. The summed E-state index contributed by atoms with van der Waals surface area (Å²) in [7, 11) is 1.66. The van der Waals surface area contributed by atoms with E-state index in [1.807, 2.05) is 18.2 Å². The lowest BCUT2D eigenvalue weighted by atomic mass is 10.3. The van der Waals surface area contributed by atoms with Crippen LogP contribution in [0.2, 0.25) is 0 Å². The van der Waals surface area contributed by atoms with Crippen LogP contribution in [0.1, 0.15) is 13.3 Å². The molecule has 0 N–H and O–H groups in total. The highest BCUT2D eigenvalue weighted by Crippen LogP contribution is 2.01. The van der Waals surface area contributed by atoms with E-state index in [0.29, 0.717) is 13.2 Å². The fourth-order valence-corrected chi connectivity index (χ4v) is 0.782. The van der Waals surface area contributed by atoms with Crippen LogP contribution >= 0.6 is 0 Å². The van der Waals surface area contributed by atoms with Crippen molar-refractivity contribution >= 4 is 0 Å². The molecule has 2 heteroatoms. The Morgan fingerprint density at radius 1 is 1.38 bits per heavy atom. The Hall–Kier alpha value is -1.02. The molecule has 0 aliphatic rings. The molecule has 0 aliphatic carbocycles. The Morgan fingerprint density at radius 2 is 2.15 bits per heavy atom. The molecule has 0 saturated heterocycles. The normalized spacial score (nSPS) is 12.0. The van der Waals surface area contributed by atoms with E-state index in [1.54, 1.807) is 13.2 Å². The summed E-state index contributed by atoms with van der Waals surface area (Å²) >= 11 is 0. The molecule has 0 unspecified atom stereocenters. The fourth-order valence-electron chi connectivity index (χ4n) is 0.782. The third kappa shape index (κ3) is 7.34. The molecule has 0 bridgehead atoms. The average molecular weight is 182 g/mol. The van der Waals surface area contributed by atoms with Gasteiger partial charge in [0.15, 0.2) is 0 Å². The molecule has 13 heavy (non-hydrogen) atoms. The van der Waals surface area contributed by atoms with Gasteiger partial charge in [0.1, 0.15) is 12.4 Å². The molecule has 0 fully saturated rings. The van der Waals surface area contributed by atoms with Gasteiger partial charge in [-0.25, -0.2) is 0 Å². The van der Waals surface area contributed by atoms with Crippen LogP contribution in [-0.2, 0) is 9.47 Å². The lowest BCUT2D eigenvalue weighted by Gasteiger charge is -2.05. The Morgan fingerprint density at radius 3 is 2.69 bits per heavy atom. The topological polar surface area (TPSA) is 18.5 Å². The molecule has 0 radical (unpaired) electrons. The van der Waals surface area contributed by atoms with Crippen LogP contribution in [0.3, 0.4) is 0 Å². The summed E-state index contributed by atoms with van der Waals surface area (Å²) in [5.74, 6) is 0.874. The molecule has 2 nitrogen and oxygen atoms in total. The quantitative estimate of drug-likeness (QED) is 0.342. The van der Waals surface area contributed by atoms with Crippen molar-refractivity contribution in [3.05, 3.63) is 36.6 Å². The first-order valence-corrected chi connectivity index (χ1v) is 4.46. The van der Waals surface area contributed by atoms with Crippen LogP contribution in [0.4, 0.5) is 0 Å². The summed E-state index contributed by atoms with van der Waals surface area (Å²) in [4.78, 5) is 0. The lowest BCUT2D eigenvalue weighted by Crippen LogP contribution is -2.00. The summed E-state index contributed by atoms with van der Waals surface area (Å²) < 4.78 is 10.3. The summed E-state index contributed by atoms with van der Waals surface area (Å²) in [6.07, 6.45) is 8.46. The van der Waals surface area contributed by atoms with E-state index in [-0.39, 0.29) is 0 Å². The van der Waals surface area contributed by atoms with Crippen molar-refractivity contribution < 1.29 is 9.47 Å². The van der Waals surface area contributed by atoms with Gasteiger partial charge < -0.3 is 9.47 Å². The molecule has 0 spiro atoms. The molecule has 0 amide bonds. The minimum absolute atomic E-state index is 0.587. The van der Waals surface area contributed by atoms with Gasteiger partial charge in [-0.05, 0) is 18.6 Å². The zero-order chi connectivity index (χ0) is 9.94. The Labute approximate surface area is 80.5 Å². The van der Waals surface area contributed by atoms with Crippen molar-refractivity contribution in [2.24, 2.45) is 0 Å². The van der Waals surface area contributed by atoms with E-state index >= 15 is 0 Å². The molecule has 0 atom stereocenters. The summed E-state index contributed by atoms with van der Waals surface area (Å²) in [6.45, 7) is 6.87. The van der Waals surface area contributed by atoms with Crippen molar-refractivity contribution in [1.82, 2.24) is 0 Å². The van der Waals surface area contributed by atoms with Crippen LogP contribution in [0.5, 0.6) is 0 Å². The van der Waals surface area contributed by atoms with Gasteiger partial charge in [-0.15, -0.1) is 0 Å². The van der Waals surface area contributed by atoms with Gasteiger partial charge in [0.2, 0.25) is 0 Å². The molecule has 0 aromatic carbocycles. The molecular formula is C11H18O2. The summed E-state index contributed by atoms with van der Waals surface area (Å²) in [6, 6.07) is 0. The number of rotatable bonds is 7. The van der Waals surface area contributed by atoms with Crippen LogP contribution < -0.4 is 0 Å². The number of hydrogen-bond donors (Lipinski definition) is 0. The third-order valence-electron chi connectivity index (χ3n) is 1.36. The molecule has 0 heterocycles. The maximum atomic E-state index is 5.43. The third-order valence-corrected chi connectivity index (χ3v) is 1.36. The first-order chi connectivity index (χ1) is 6.35. The van der Waals surface area contributed by atoms with E-state index in [1.165, 1.54) is 0 Å². The van der Waals surface area contributed by atoms with E-state index in [9.17, 15) is 0 Å². The lowest BCUT2D eigenvalue weighted by molar-refractivity contribution is 0.114. The van der Waals surface area contributed by atoms with E-state index in [2.05, 4.69) is 13.5 Å². The second-order valence-electron chi connectivity index (χ2n) is 2.45. The molecule has 0 aromatic heterocycles. The molecule has 0 aliphatic heterocycles. The fraction of sp³-hybridized carbons (Fsp3) is 0.455. The second-order valence-corrected chi connectivity index (χ2v) is 2.45. The number of allylic oxidation sites excluding steroid dienone is 4. The predicted octanol–water partition coefficient (Wildman–Crippen LogP) is 2.69. The first-order valence-electron chi connectivity index (χ1n) is 4.46. The minimum atomic E-state index is 0.587. The SMILES string of the molecule is C=C/C=C\C(=C/CC)OCCOC. The van der Waals surface area contributed by atoms with E-state index < -0.39 is 0 Å².